The molecule has 0 radical (unpaired) electrons. The van der Waals surface area contributed by atoms with Crippen molar-refractivity contribution in [1.29, 1.82) is 0 Å². The van der Waals surface area contributed by atoms with Crippen molar-refractivity contribution in [2.24, 2.45) is 0 Å². The number of esters is 1. The first kappa shape index (κ1) is 15.2. The summed E-state index contributed by atoms with van der Waals surface area (Å²) >= 11 is 3.33. The van der Waals surface area contributed by atoms with Crippen LogP contribution in [0, 0.1) is 0 Å². The second kappa shape index (κ2) is 6.99. The van der Waals surface area contributed by atoms with Gasteiger partial charge in [0.05, 0.1) is 0 Å². The van der Waals surface area contributed by atoms with E-state index in [2.05, 4.69) is 15.9 Å². The summed E-state index contributed by atoms with van der Waals surface area (Å²) in [4.78, 5) is 11.7. The Balaban J connectivity index is 1.82. The zero-order chi connectivity index (χ0) is 15.2. The number of ether oxygens (including phenoxy) is 2. The predicted molar refractivity (Wildman–Crippen MR) is 79.7 cm³/mol. The number of phenols is 2. The van der Waals surface area contributed by atoms with Crippen LogP contribution in [0.15, 0.2) is 46.9 Å². The third kappa shape index (κ3) is 4.39. The summed E-state index contributed by atoms with van der Waals surface area (Å²) in [6.07, 6.45) is 0. The number of hydrogen-bond acceptors (Lipinski definition) is 5. The Morgan fingerprint density at radius 3 is 2.62 bits per heavy atom. The fourth-order valence-corrected chi connectivity index (χ4v) is 2.00. The van der Waals surface area contributed by atoms with E-state index in [0.29, 0.717) is 5.75 Å². The van der Waals surface area contributed by atoms with Crippen molar-refractivity contribution in [3.63, 3.8) is 0 Å². The van der Waals surface area contributed by atoms with Crippen molar-refractivity contribution in [2.45, 2.75) is 0 Å². The number of carbonyl (C=O) groups is 1. The molecule has 0 aromatic heterocycles. The van der Waals surface area contributed by atoms with Crippen LogP contribution in [0.3, 0.4) is 0 Å². The van der Waals surface area contributed by atoms with Gasteiger partial charge in [0, 0.05) is 10.5 Å². The summed E-state index contributed by atoms with van der Waals surface area (Å²) in [6.45, 7) is 0.243. The number of hydrogen-bond donors (Lipinski definition) is 2. The molecule has 5 nitrogen and oxygen atoms in total. The maximum atomic E-state index is 11.7. The van der Waals surface area contributed by atoms with Crippen LogP contribution in [0.2, 0.25) is 0 Å². The van der Waals surface area contributed by atoms with Gasteiger partial charge in [0.15, 0.2) is 0 Å². The molecule has 0 saturated carbocycles. The highest BCUT2D eigenvalue weighted by Gasteiger charge is 2.12. The number of rotatable bonds is 5. The van der Waals surface area contributed by atoms with E-state index >= 15 is 0 Å². The Morgan fingerprint density at radius 1 is 1.10 bits per heavy atom. The molecule has 6 heteroatoms. The molecular weight excluding hydrogens is 340 g/mol. The monoisotopic (exact) mass is 352 g/mol. The van der Waals surface area contributed by atoms with Gasteiger partial charge in [0.1, 0.15) is 36.0 Å². The second-order valence-electron chi connectivity index (χ2n) is 4.14. The molecule has 0 unspecified atom stereocenters. The van der Waals surface area contributed by atoms with E-state index in [0.717, 1.165) is 10.5 Å². The first-order valence-electron chi connectivity index (χ1n) is 6.14. The van der Waals surface area contributed by atoms with Gasteiger partial charge in [0.25, 0.3) is 0 Å². The normalized spacial score (nSPS) is 10.1. The molecule has 0 aliphatic heterocycles. The minimum absolute atomic E-state index is 0.00439. The molecule has 2 N–H and O–H groups in total. The fraction of sp³-hybridized carbons (Fsp3) is 0.133. The molecule has 0 bridgehead atoms. The third-order valence-corrected chi connectivity index (χ3v) is 3.08. The molecule has 0 heterocycles. The van der Waals surface area contributed by atoms with E-state index in [9.17, 15) is 9.90 Å². The van der Waals surface area contributed by atoms with Gasteiger partial charge in [0.2, 0.25) is 0 Å². The van der Waals surface area contributed by atoms with Gasteiger partial charge >= 0.3 is 5.97 Å². The van der Waals surface area contributed by atoms with Crippen LogP contribution in [0.25, 0.3) is 0 Å². The van der Waals surface area contributed by atoms with Crippen molar-refractivity contribution in [1.82, 2.24) is 0 Å². The lowest BCUT2D eigenvalue weighted by atomic mass is 10.2. The highest BCUT2D eigenvalue weighted by Crippen LogP contribution is 2.23. The minimum atomic E-state index is -0.676. The fourth-order valence-electron chi connectivity index (χ4n) is 1.62. The molecular formula is C15H13BrO5. The van der Waals surface area contributed by atoms with Gasteiger partial charge in [-0.25, -0.2) is 4.79 Å². The van der Waals surface area contributed by atoms with Crippen LogP contribution in [0.4, 0.5) is 0 Å². The van der Waals surface area contributed by atoms with Gasteiger partial charge in [-0.3, -0.25) is 0 Å². The lowest BCUT2D eigenvalue weighted by Crippen LogP contribution is -2.12. The molecule has 21 heavy (non-hydrogen) atoms. The number of carbonyl (C=O) groups excluding carboxylic acids is 1. The number of phenolic OH excluding ortho intramolecular Hbond substituents is 2. The van der Waals surface area contributed by atoms with E-state index in [1.165, 1.54) is 12.1 Å². The van der Waals surface area contributed by atoms with Gasteiger partial charge in [-0.2, -0.15) is 0 Å². The van der Waals surface area contributed by atoms with Gasteiger partial charge in [-0.15, -0.1) is 0 Å². The van der Waals surface area contributed by atoms with Crippen molar-refractivity contribution in [2.75, 3.05) is 13.2 Å². The average Bonchev–Trinajstić information content (AvgIpc) is 2.43. The lowest BCUT2D eigenvalue weighted by Gasteiger charge is -2.08. The van der Waals surface area contributed by atoms with E-state index in [1.807, 2.05) is 12.1 Å². The summed E-state index contributed by atoms with van der Waals surface area (Å²) in [7, 11) is 0. The SMILES string of the molecule is O=C(OCCOc1cccc(Br)c1)c1ccc(O)cc1O. The number of halogens is 1. The molecule has 0 amide bonds. The predicted octanol–water partition coefficient (Wildman–Crippen LogP) is 3.10. The van der Waals surface area contributed by atoms with E-state index < -0.39 is 5.97 Å². The first-order chi connectivity index (χ1) is 10.1. The van der Waals surface area contributed by atoms with Crippen LogP contribution in [0.1, 0.15) is 10.4 Å². The molecule has 110 valence electrons. The number of aromatic hydroxyl groups is 2. The van der Waals surface area contributed by atoms with Gasteiger partial charge in [-0.05, 0) is 30.3 Å². The molecule has 2 aromatic rings. The van der Waals surface area contributed by atoms with Gasteiger partial charge in [-0.1, -0.05) is 22.0 Å². The first-order valence-corrected chi connectivity index (χ1v) is 6.93. The van der Waals surface area contributed by atoms with Crippen molar-refractivity contribution >= 4 is 21.9 Å². The standard InChI is InChI=1S/C15H13BrO5/c16-10-2-1-3-12(8-10)20-6-7-21-15(19)13-5-4-11(17)9-14(13)18/h1-5,8-9,17-18H,6-7H2. The quantitative estimate of drug-likeness (QED) is 0.638. The van der Waals surface area contributed by atoms with Crippen LogP contribution in [0.5, 0.6) is 17.2 Å². The average molecular weight is 353 g/mol. The second-order valence-corrected chi connectivity index (χ2v) is 5.06. The summed E-state index contributed by atoms with van der Waals surface area (Å²) in [5.74, 6) is -0.465. The molecule has 0 aliphatic carbocycles. The van der Waals surface area contributed by atoms with E-state index in [-0.39, 0.29) is 30.3 Å². The zero-order valence-electron chi connectivity index (χ0n) is 11.0. The molecule has 0 saturated heterocycles. The molecule has 0 spiro atoms. The smallest absolute Gasteiger partial charge is 0.342 e. The van der Waals surface area contributed by atoms with Crippen LogP contribution >= 0.6 is 15.9 Å². The van der Waals surface area contributed by atoms with E-state index in [1.54, 1.807) is 12.1 Å². The third-order valence-electron chi connectivity index (χ3n) is 2.58. The Hall–Kier alpha value is -2.21. The minimum Gasteiger partial charge on any atom is -0.508 e. The molecule has 0 atom stereocenters. The lowest BCUT2D eigenvalue weighted by molar-refractivity contribution is 0.0447. The van der Waals surface area contributed by atoms with Crippen LogP contribution in [-0.4, -0.2) is 29.4 Å². The van der Waals surface area contributed by atoms with E-state index in [4.69, 9.17) is 14.6 Å². The summed E-state index contributed by atoms with van der Waals surface area (Å²) in [6, 6.07) is 11.0. The molecule has 0 aliphatic rings. The molecule has 0 fully saturated rings. The van der Waals surface area contributed by atoms with Gasteiger partial charge < -0.3 is 19.7 Å². The van der Waals surface area contributed by atoms with Crippen LogP contribution < -0.4 is 4.74 Å². The summed E-state index contributed by atoms with van der Waals surface area (Å²) < 4.78 is 11.3. The summed E-state index contributed by atoms with van der Waals surface area (Å²) in [5, 5.41) is 18.7. The Kier molecular flexibility index (Phi) is 5.05. The molecule has 2 aromatic carbocycles. The van der Waals surface area contributed by atoms with Crippen molar-refractivity contribution < 1.29 is 24.5 Å². The largest absolute Gasteiger partial charge is 0.508 e. The topological polar surface area (TPSA) is 76.0 Å². The summed E-state index contributed by atoms with van der Waals surface area (Å²) in [5.41, 5.74) is -0.00439. The van der Waals surface area contributed by atoms with Crippen LogP contribution in [-0.2, 0) is 4.74 Å². The highest BCUT2D eigenvalue weighted by molar-refractivity contribution is 9.10. The maximum absolute atomic E-state index is 11.7. The highest BCUT2D eigenvalue weighted by atomic mass is 79.9. The Morgan fingerprint density at radius 2 is 1.90 bits per heavy atom. The Bertz CT molecular complexity index is 642. The molecule has 2 rings (SSSR count). The maximum Gasteiger partial charge on any atom is 0.342 e. The number of benzene rings is 2. The Labute approximate surface area is 129 Å². The van der Waals surface area contributed by atoms with Crippen molar-refractivity contribution in [3.05, 3.63) is 52.5 Å². The van der Waals surface area contributed by atoms with Crippen molar-refractivity contribution in [3.8, 4) is 17.2 Å². The zero-order valence-corrected chi connectivity index (χ0v) is 12.5.